The summed E-state index contributed by atoms with van der Waals surface area (Å²) in [6.07, 6.45) is 4.35. The molecule has 1 amide bonds. The fourth-order valence-corrected chi connectivity index (χ4v) is 3.73. The first-order valence-corrected chi connectivity index (χ1v) is 8.21. The second kappa shape index (κ2) is 5.35. The van der Waals surface area contributed by atoms with Gasteiger partial charge in [0.15, 0.2) is 11.5 Å². The monoisotopic (exact) mass is 306 g/mol. The van der Waals surface area contributed by atoms with Gasteiger partial charge in [0.2, 0.25) is 0 Å². The molecule has 0 N–H and O–H groups in total. The second-order valence-corrected chi connectivity index (χ2v) is 6.68. The van der Waals surface area contributed by atoms with Gasteiger partial charge in [0.25, 0.3) is 5.91 Å². The highest BCUT2D eigenvalue weighted by Crippen LogP contribution is 2.33. The molecule has 1 aliphatic carbocycles. The number of nitrogens with zero attached hydrogens (tertiary/aromatic N) is 2. The Labute approximate surface area is 129 Å². The third-order valence-electron chi connectivity index (χ3n) is 5.11. The predicted octanol–water partition coefficient (Wildman–Crippen LogP) is 1.78. The van der Waals surface area contributed by atoms with E-state index in [0.29, 0.717) is 37.9 Å². The van der Waals surface area contributed by atoms with Crippen LogP contribution in [0.5, 0.6) is 0 Å². The molecule has 1 aromatic rings. The van der Waals surface area contributed by atoms with E-state index in [1.807, 2.05) is 4.90 Å². The molecule has 1 atom stereocenters. The number of rotatable bonds is 1. The van der Waals surface area contributed by atoms with E-state index in [1.54, 1.807) is 0 Å². The SMILES string of the molecule is CC1CCc2onc(C(=O)N3CCC4(CC3)OCCO4)c2C1. The van der Waals surface area contributed by atoms with Crippen molar-refractivity contribution < 1.29 is 18.8 Å². The molecular formula is C16H22N2O4. The largest absolute Gasteiger partial charge is 0.360 e. The van der Waals surface area contributed by atoms with Gasteiger partial charge in [-0.05, 0) is 18.8 Å². The maximum Gasteiger partial charge on any atom is 0.276 e. The van der Waals surface area contributed by atoms with Crippen molar-refractivity contribution in [2.75, 3.05) is 26.3 Å². The number of ether oxygens (including phenoxy) is 2. The number of carbonyl (C=O) groups is 1. The highest BCUT2D eigenvalue weighted by Gasteiger charge is 2.41. The van der Waals surface area contributed by atoms with Crippen LogP contribution < -0.4 is 0 Å². The van der Waals surface area contributed by atoms with Gasteiger partial charge in [-0.25, -0.2) is 0 Å². The number of carbonyl (C=O) groups excluding carboxylic acids is 1. The third-order valence-corrected chi connectivity index (χ3v) is 5.11. The van der Waals surface area contributed by atoms with E-state index < -0.39 is 5.79 Å². The molecule has 0 saturated carbocycles. The van der Waals surface area contributed by atoms with E-state index in [-0.39, 0.29) is 5.91 Å². The van der Waals surface area contributed by atoms with Crippen LogP contribution in [0.25, 0.3) is 0 Å². The summed E-state index contributed by atoms with van der Waals surface area (Å²) in [6, 6.07) is 0. The van der Waals surface area contributed by atoms with Crippen molar-refractivity contribution in [3.63, 3.8) is 0 Å². The maximum atomic E-state index is 12.8. The first-order valence-electron chi connectivity index (χ1n) is 8.21. The van der Waals surface area contributed by atoms with Crippen LogP contribution in [0.1, 0.15) is 48.0 Å². The lowest BCUT2D eigenvalue weighted by Crippen LogP contribution is -2.47. The molecule has 1 unspecified atom stereocenters. The van der Waals surface area contributed by atoms with Crippen molar-refractivity contribution in [3.8, 4) is 0 Å². The summed E-state index contributed by atoms with van der Waals surface area (Å²) in [5.41, 5.74) is 1.54. The Kier molecular flexibility index (Phi) is 3.46. The fourth-order valence-electron chi connectivity index (χ4n) is 3.73. The van der Waals surface area contributed by atoms with Crippen LogP contribution in [0, 0.1) is 5.92 Å². The lowest BCUT2D eigenvalue weighted by molar-refractivity contribution is -0.181. The molecule has 4 rings (SSSR count). The van der Waals surface area contributed by atoms with E-state index in [0.717, 1.165) is 43.4 Å². The number of aryl methyl sites for hydroxylation is 1. The molecule has 1 aromatic heterocycles. The smallest absolute Gasteiger partial charge is 0.276 e. The molecule has 6 nitrogen and oxygen atoms in total. The summed E-state index contributed by atoms with van der Waals surface area (Å²) in [7, 11) is 0. The number of hydrogen-bond donors (Lipinski definition) is 0. The third kappa shape index (κ3) is 2.34. The zero-order valence-corrected chi connectivity index (χ0v) is 13.0. The minimum atomic E-state index is -0.450. The zero-order chi connectivity index (χ0) is 15.2. The van der Waals surface area contributed by atoms with Crippen molar-refractivity contribution in [2.45, 2.75) is 44.8 Å². The summed E-state index contributed by atoms with van der Waals surface area (Å²) >= 11 is 0. The summed E-state index contributed by atoms with van der Waals surface area (Å²) in [5, 5.41) is 4.07. The van der Waals surface area contributed by atoms with Crippen molar-refractivity contribution >= 4 is 5.91 Å². The second-order valence-electron chi connectivity index (χ2n) is 6.68. The minimum Gasteiger partial charge on any atom is -0.360 e. The number of piperidine rings is 1. The van der Waals surface area contributed by atoms with Crippen LogP contribution >= 0.6 is 0 Å². The molecule has 6 heteroatoms. The molecule has 2 aliphatic heterocycles. The van der Waals surface area contributed by atoms with E-state index >= 15 is 0 Å². The number of aromatic nitrogens is 1. The Morgan fingerprint density at radius 2 is 2.00 bits per heavy atom. The number of amides is 1. The Morgan fingerprint density at radius 3 is 2.73 bits per heavy atom. The van der Waals surface area contributed by atoms with Gasteiger partial charge in [-0.3, -0.25) is 4.79 Å². The molecule has 0 aromatic carbocycles. The van der Waals surface area contributed by atoms with Gasteiger partial charge in [-0.1, -0.05) is 12.1 Å². The average molecular weight is 306 g/mol. The van der Waals surface area contributed by atoms with Crippen LogP contribution in [0.2, 0.25) is 0 Å². The Balaban J connectivity index is 1.48. The van der Waals surface area contributed by atoms with E-state index in [4.69, 9.17) is 14.0 Å². The van der Waals surface area contributed by atoms with Gasteiger partial charge >= 0.3 is 0 Å². The molecule has 22 heavy (non-hydrogen) atoms. The van der Waals surface area contributed by atoms with E-state index in [1.165, 1.54) is 0 Å². The molecule has 3 heterocycles. The molecule has 2 saturated heterocycles. The van der Waals surface area contributed by atoms with E-state index in [9.17, 15) is 4.79 Å². The summed E-state index contributed by atoms with van der Waals surface area (Å²) in [6.45, 7) is 4.82. The lowest BCUT2D eigenvalue weighted by atomic mass is 9.88. The summed E-state index contributed by atoms with van der Waals surface area (Å²) < 4.78 is 16.8. The standard InChI is InChI=1S/C16H22N2O4/c1-11-2-3-13-12(10-11)14(17-22-13)15(19)18-6-4-16(5-7-18)20-8-9-21-16/h11H,2-10H2,1H3. The molecule has 2 fully saturated rings. The van der Waals surface area contributed by atoms with Gasteiger partial charge in [-0.2, -0.15) is 0 Å². The van der Waals surface area contributed by atoms with Gasteiger partial charge in [0.05, 0.1) is 13.2 Å². The molecule has 0 bridgehead atoms. The summed E-state index contributed by atoms with van der Waals surface area (Å²) in [4.78, 5) is 14.6. The highest BCUT2D eigenvalue weighted by atomic mass is 16.7. The molecule has 1 spiro atoms. The first-order chi connectivity index (χ1) is 10.7. The lowest BCUT2D eigenvalue weighted by Gasteiger charge is -2.37. The van der Waals surface area contributed by atoms with Crippen molar-refractivity contribution in [1.82, 2.24) is 10.1 Å². The van der Waals surface area contributed by atoms with Crippen LogP contribution in [-0.4, -0.2) is 48.1 Å². The Bertz CT molecular complexity index is 567. The molecular weight excluding hydrogens is 284 g/mol. The normalized spacial score (nSPS) is 27.1. The summed E-state index contributed by atoms with van der Waals surface area (Å²) in [5.74, 6) is 1.03. The van der Waals surface area contributed by atoms with Crippen LogP contribution in [0.3, 0.4) is 0 Å². The number of hydrogen-bond acceptors (Lipinski definition) is 5. The first kappa shape index (κ1) is 14.2. The van der Waals surface area contributed by atoms with E-state index in [2.05, 4.69) is 12.1 Å². The number of likely N-dealkylation sites (tertiary alicyclic amines) is 1. The van der Waals surface area contributed by atoms with Crippen LogP contribution in [0.4, 0.5) is 0 Å². The predicted molar refractivity (Wildman–Crippen MR) is 77.5 cm³/mol. The quantitative estimate of drug-likeness (QED) is 0.791. The zero-order valence-electron chi connectivity index (χ0n) is 13.0. The minimum absolute atomic E-state index is 0.00746. The van der Waals surface area contributed by atoms with Gasteiger partial charge in [0.1, 0.15) is 5.76 Å². The average Bonchev–Trinajstić information content (AvgIpc) is 3.14. The van der Waals surface area contributed by atoms with Crippen molar-refractivity contribution in [2.24, 2.45) is 5.92 Å². The maximum absolute atomic E-state index is 12.8. The van der Waals surface area contributed by atoms with Crippen molar-refractivity contribution in [3.05, 3.63) is 17.0 Å². The molecule has 120 valence electrons. The fraction of sp³-hybridized carbons (Fsp3) is 0.750. The van der Waals surface area contributed by atoms with Gasteiger partial charge < -0.3 is 18.9 Å². The Hall–Kier alpha value is -1.40. The molecule has 0 radical (unpaired) electrons. The van der Waals surface area contributed by atoms with Gasteiger partial charge in [0, 0.05) is 37.9 Å². The topological polar surface area (TPSA) is 64.8 Å². The molecule has 3 aliphatic rings. The highest BCUT2D eigenvalue weighted by molar-refractivity contribution is 5.94. The van der Waals surface area contributed by atoms with Crippen LogP contribution in [-0.2, 0) is 22.3 Å². The van der Waals surface area contributed by atoms with Crippen LogP contribution in [0.15, 0.2) is 4.52 Å². The number of fused-ring (bicyclic) bond motifs is 1. The Morgan fingerprint density at radius 1 is 1.27 bits per heavy atom. The van der Waals surface area contributed by atoms with Gasteiger partial charge in [-0.15, -0.1) is 0 Å². The van der Waals surface area contributed by atoms with Crippen molar-refractivity contribution in [1.29, 1.82) is 0 Å².